The van der Waals surface area contributed by atoms with Crippen molar-refractivity contribution in [3.05, 3.63) is 45.0 Å². The van der Waals surface area contributed by atoms with Crippen LogP contribution in [0.2, 0.25) is 0 Å². The van der Waals surface area contributed by atoms with E-state index in [0.29, 0.717) is 10.6 Å². The third-order valence-electron chi connectivity index (χ3n) is 2.01. The van der Waals surface area contributed by atoms with E-state index in [1.165, 1.54) is 17.4 Å². The fourth-order valence-corrected chi connectivity index (χ4v) is 1.94. The zero-order chi connectivity index (χ0) is 13.1. The van der Waals surface area contributed by atoms with Crippen molar-refractivity contribution in [2.24, 2.45) is 0 Å². The Hall–Kier alpha value is -2.66. The number of furan rings is 1. The first kappa shape index (κ1) is 11.8. The first-order valence-electron chi connectivity index (χ1n) is 4.65. The molecular formula is C10H5N3O4S. The summed E-state index contributed by atoms with van der Waals surface area (Å²) in [5.41, 5.74) is 0.328. The van der Waals surface area contributed by atoms with Gasteiger partial charge in [-0.2, -0.15) is 5.26 Å². The van der Waals surface area contributed by atoms with Crippen LogP contribution >= 0.6 is 11.3 Å². The number of hydrogen-bond donors (Lipinski definition) is 1. The summed E-state index contributed by atoms with van der Waals surface area (Å²) in [6, 6.07) is 5.77. The first-order chi connectivity index (χ1) is 8.61. The Morgan fingerprint density at radius 3 is 2.89 bits per heavy atom. The standard InChI is InChI=1S/C10H5N3O4S/c11-5-6-3-4-18-10(6)12-9(14)7-1-2-8(17-7)13(15)16/h1-4H,(H,12,14). The molecule has 2 aromatic rings. The Morgan fingerprint density at radius 1 is 1.50 bits per heavy atom. The minimum Gasteiger partial charge on any atom is -0.395 e. The van der Waals surface area contributed by atoms with Crippen LogP contribution in [0.5, 0.6) is 0 Å². The minimum atomic E-state index is -0.734. The Balaban J connectivity index is 2.17. The third-order valence-corrected chi connectivity index (χ3v) is 2.84. The van der Waals surface area contributed by atoms with Crippen LogP contribution in [-0.2, 0) is 0 Å². The van der Waals surface area contributed by atoms with Crippen LogP contribution in [0.15, 0.2) is 28.0 Å². The maximum absolute atomic E-state index is 11.7. The minimum absolute atomic E-state index is 0.181. The molecule has 8 heteroatoms. The first-order valence-corrected chi connectivity index (χ1v) is 5.53. The Labute approximate surface area is 104 Å². The molecule has 2 heterocycles. The summed E-state index contributed by atoms with van der Waals surface area (Å²) >= 11 is 1.18. The van der Waals surface area contributed by atoms with E-state index < -0.39 is 16.7 Å². The molecule has 1 amide bonds. The summed E-state index contributed by atoms with van der Waals surface area (Å²) in [7, 11) is 0. The second-order valence-corrected chi connectivity index (χ2v) is 4.04. The molecule has 0 unspecified atom stereocenters. The zero-order valence-corrected chi connectivity index (χ0v) is 9.56. The van der Waals surface area contributed by atoms with Crippen molar-refractivity contribution in [1.29, 1.82) is 5.26 Å². The lowest BCUT2D eigenvalue weighted by Gasteiger charge is -1.99. The van der Waals surface area contributed by atoms with E-state index in [0.717, 1.165) is 6.07 Å². The molecule has 0 bridgehead atoms. The topological polar surface area (TPSA) is 109 Å². The van der Waals surface area contributed by atoms with Crippen molar-refractivity contribution in [2.75, 3.05) is 5.32 Å². The molecule has 0 atom stereocenters. The van der Waals surface area contributed by atoms with E-state index in [1.54, 1.807) is 11.4 Å². The summed E-state index contributed by atoms with van der Waals surface area (Å²) in [5, 5.41) is 23.6. The summed E-state index contributed by atoms with van der Waals surface area (Å²) in [5.74, 6) is -1.33. The van der Waals surface area contributed by atoms with Gasteiger partial charge in [-0.05, 0) is 17.5 Å². The van der Waals surface area contributed by atoms with Crippen molar-refractivity contribution in [1.82, 2.24) is 0 Å². The molecule has 1 N–H and O–H groups in total. The number of nitriles is 1. The van der Waals surface area contributed by atoms with Gasteiger partial charge >= 0.3 is 5.88 Å². The molecule has 0 saturated heterocycles. The molecule has 0 aliphatic carbocycles. The van der Waals surface area contributed by atoms with E-state index in [1.807, 2.05) is 6.07 Å². The molecular weight excluding hydrogens is 258 g/mol. The van der Waals surface area contributed by atoms with Crippen LogP contribution in [0.1, 0.15) is 16.1 Å². The van der Waals surface area contributed by atoms with Gasteiger partial charge in [0.25, 0.3) is 5.91 Å². The highest BCUT2D eigenvalue weighted by Gasteiger charge is 2.18. The molecule has 90 valence electrons. The normalized spacial score (nSPS) is 9.72. The lowest BCUT2D eigenvalue weighted by molar-refractivity contribution is -0.402. The van der Waals surface area contributed by atoms with Gasteiger partial charge in [0, 0.05) is 0 Å². The monoisotopic (exact) mass is 263 g/mol. The van der Waals surface area contributed by atoms with Crippen molar-refractivity contribution in [3.8, 4) is 6.07 Å². The van der Waals surface area contributed by atoms with Crippen molar-refractivity contribution in [2.45, 2.75) is 0 Å². The van der Waals surface area contributed by atoms with E-state index in [2.05, 4.69) is 5.32 Å². The predicted octanol–water partition coefficient (Wildman–Crippen LogP) is 2.37. The summed E-state index contributed by atoms with van der Waals surface area (Å²) in [6.07, 6.45) is 0. The van der Waals surface area contributed by atoms with E-state index >= 15 is 0 Å². The quantitative estimate of drug-likeness (QED) is 0.675. The molecule has 0 aromatic carbocycles. The average Bonchev–Trinajstić information content (AvgIpc) is 2.96. The van der Waals surface area contributed by atoms with Gasteiger partial charge in [-0.15, -0.1) is 11.3 Å². The second-order valence-electron chi connectivity index (χ2n) is 3.12. The number of carbonyl (C=O) groups excluding carboxylic acids is 1. The number of thiophene rings is 1. The summed E-state index contributed by atoms with van der Waals surface area (Å²) in [4.78, 5) is 21.3. The average molecular weight is 263 g/mol. The van der Waals surface area contributed by atoms with Gasteiger partial charge in [0.15, 0.2) is 5.76 Å². The van der Waals surface area contributed by atoms with Crippen LogP contribution in [-0.4, -0.2) is 10.8 Å². The number of hydrogen-bond acceptors (Lipinski definition) is 6. The SMILES string of the molecule is N#Cc1ccsc1NC(=O)c1ccc([N+](=O)[O-])o1. The summed E-state index contributed by atoms with van der Waals surface area (Å²) < 4.78 is 4.74. The van der Waals surface area contributed by atoms with Crippen LogP contribution in [0.4, 0.5) is 10.9 Å². The van der Waals surface area contributed by atoms with Gasteiger partial charge in [0.2, 0.25) is 0 Å². The number of nitro groups is 1. The Kier molecular flexibility index (Phi) is 3.07. The molecule has 7 nitrogen and oxygen atoms in total. The molecule has 0 radical (unpaired) electrons. The maximum Gasteiger partial charge on any atom is 0.433 e. The number of rotatable bonds is 3. The maximum atomic E-state index is 11.7. The molecule has 2 aromatic heterocycles. The molecule has 0 aliphatic rings. The smallest absolute Gasteiger partial charge is 0.395 e. The molecule has 2 rings (SSSR count). The Bertz CT molecular complexity index is 652. The van der Waals surface area contributed by atoms with Gasteiger partial charge in [-0.3, -0.25) is 14.9 Å². The highest BCUT2D eigenvalue weighted by Crippen LogP contribution is 2.24. The second kappa shape index (κ2) is 4.68. The van der Waals surface area contributed by atoms with Gasteiger partial charge < -0.3 is 9.73 Å². The Morgan fingerprint density at radius 2 is 2.28 bits per heavy atom. The number of nitrogens with zero attached hydrogens (tertiary/aromatic N) is 2. The van der Waals surface area contributed by atoms with Gasteiger partial charge in [0.05, 0.1) is 11.6 Å². The molecule has 0 aliphatic heterocycles. The van der Waals surface area contributed by atoms with Crippen molar-refractivity contribution < 1.29 is 14.1 Å². The largest absolute Gasteiger partial charge is 0.433 e. The molecule has 0 saturated carbocycles. The van der Waals surface area contributed by atoms with Crippen LogP contribution in [0.3, 0.4) is 0 Å². The lowest BCUT2D eigenvalue weighted by Crippen LogP contribution is -2.10. The molecule has 18 heavy (non-hydrogen) atoms. The predicted molar refractivity (Wildman–Crippen MR) is 62.3 cm³/mol. The van der Waals surface area contributed by atoms with Gasteiger partial charge in [-0.25, -0.2) is 0 Å². The number of nitrogens with one attached hydrogen (secondary N) is 1. The fourth-order valence-electron chi connectivity index (χ4n) is 1.21. The summed E-state index contributed by atoms with van der Waals surface area (Å²) in [6.45, 7) is 0. The van der Waals surface area contributed by atoms with Gasteiger partial charge in [0.1, 0.15) is 16.0 Å². The molecule has 0 spiro atoms. The van der Waals surface area contributed by atoms with E-state index in [-0.39, 0.29) is 5.76 Å². The van der Waals surface area contributed by atoms with Crippen LogP contribution < -0.4 is 5.32 Å². The number of anilines is 1. The fraction of sp³-hybridized carbons (Fsp3) is 0. The molecule has 0 fully saturated rings. The van der Waals surface area contributed by atoms with Crippen LogP contribution in [0, 0.1) is 21.4 Å². The highest BCUT2D eigenvalue weighted by molar-refractivity contribution is 7.14. The van der Waals surface area contributed by atoms with Gasteiger partial charge in [-0.1, -0.05) is 0 Å². The number of carbonyl (C=O) groups is 1. The van der Waals surface area contributed by atoms with Crippen LogP contribution in [0.25, 0.3) is 0 Å². The van der Waals surface area contributed by atoms with E-state index in [4.69, 9.17) is 9.68 Å². The van der Waals surface area contributed by atoms with E-state index in [9.17, 15) is 14.9 Å². The highest BCUT2D eigenvalue weighted by atomic mass is 32.1. The van der Waals surface area contributed by atoms with Crippen molar-refractivity contribution in [3.63, 3.8) is 0 Å². The lowest BCUT2D eigenvalue weighted by atomic mass is 10.3. The zero-order valence-electron chi connectivity index (χ0n) is 8.75. The van der Waals surface area contributed by atoms with Crippen molar-refractivity contribution >= 4 is 28.1 Å². The third kappa shape index (κ3) is 2.21. The number of amides is 1.